The normalized spacial score (nSPS) is 17.4. The lowest BCUT2D eigenvalue weighted by atomic mass is 9.83. The molecule has 130 valence electrons. The highest BCUT2D eigenvalue weighted by atomic mass is 32.2. The topological polar surface area (TPSA) is 57.5 Å². The van der Waals surface area contributed by atoms with E-state index in [0.29, 0.717) is 6.42 Å². The number of hydrogen-bond acceptors (Lipinski definition) is 4. The van der Waals surface area contributed by atoms with Gasteiger partial charge in [0.25, 0.3) is 0 Å². The molecule has 1 heterocycles. The fourth-order valence-electron chi connectivity index (χ4n) is 3.97. The summed E-state index contributed by atoms with van der Waals surface area (Å²) in [6.45, 7) is 0. The first kappa shape index (κ1) is 16.5. The van der Waals surface area contributed by atoms with Crippen LogP contribution in [0.15, 0.2) is 40.1 Å². The monoisotopic (exact) mass is 354 g/mol. The van der Waals surface area contributed by atoms with Gasteiger partial charge in [-0.3, -0.25) is 4.79 Å². The summed E-state index contributed by atoms with van der Waals surface area (Å²) in [7, 11) is 0. The van der Waals surface area contributed by atoms with E-state index in [-0.39, 0.29) is 23.2 Å². The molecular weight excluding hydrogens is 332 g/mol. The van der Waals surface area contributed by atoms with E-state index in [4.69, 9.17) is 0 Å². The molecule has 0 unspecified atom stereocenters. The molecule has 2 aromatic rings. The van der Waals surface area contributed by atoms with Crippen molar-refractivity contribution in [2.24, 2.45) is 5.92 Å². The van der Waals surface area contributed by atoms with E-state index in [1.165, 1.54) is 12.5 Å². The van der Waals surface area contributed by atoms with E-state index in [2.05, 4.69) is 0 Å². The first-order valence-electron chi connectivity index (χ1n) is 9.01. The number of aromatic hydroxyl groups is 2. The molecule has 1 saturated carbocycles. The van der Waals surface area contributed by atoms with Gasteiger partial charge >= 0.3 is 0 Å². The van der Waals surface area contributed by atoms with Crippen LogP contribution in [0.2, 0.25) is 0 Å². The Hall–Kier alpha value is -1.94. The van der Waals surface area contributed by atoms with Gasteiger partial charge in [0.1, 0.15) is 11.5 Å². The molecule has 4 rings (SSSR count). The number of Topliss-reactive ketones (excluding diaryl/α,β-unsaturated/α-hetero) is 1. The van der Waals surface area contributed by atoms with Crippen molar-refractivity contribution in [3.05, 3.63) is 47.0 Å². The standard InChI is InChI=1S/C21H22O3S/c22-16-11-18(23)17-8-6-14-10-15(7-9-19(14)25-20(17)12-16)21(24)13-4-2-1-3-5-13/h7,9-13,22-23H,1-6,8H2. The average molecular weight is 354 g/mol. The lowest BCUT2D eigenvalue weighted by Crippen LogP contribution is -2.18. The number of fused-ring (bicyclic) bond motifs is 2. The smallest absolute Gasteiger partial charge is 0.165 e. The highest BCUT2D eigenvalue weighted by Crippen LogP contribution is 2.42. The van der Waals surface area contributed by atoms with Crippen LogP contribution in [0.1, 0.15) is 53.6 Å². The quantitative estimate of drug-likeness (QED) is 0.736. The van der Waals surface area contributed by atoms with Crippen LogP contribution in [-0.2, 0) is 12.8 Å². The molecule has 2 aromatic carbocycles. The Kier molecular flexibility index (Phi) is 4.46. The van der Waals surface area contributed by atoms with Gasteiger partial charge in [-0.25, -0.2) is 0 Å². The van der Waals surface area contributed by atoms with E-state index in [9.17, 15) is 15.0 Å². The molecule has 3 nitrogen and oxygen atoms in total. The van der Waals surface area contributed by atoms with Crippen molar-refractivity contribution in [1.29, 1.82) is 0 Å². The molecule has 0 saturated heterocycles. The molecule has 1 aliphatic heterocycles. The predicted molar refractivity (Wildman–Crippen MR) is 98.7 cm³/mol. The first-order chi connectivity index (χ1) is 12.1. The lowest BCUT2D eigenvalue weighted by molar-refractivity contribution is 0.0889. The van der Waals surface area contributed by atoms with Crippen molar-refractivity contribution in [3.63, 3.8) is 0 Å². The maximum absolute atomic E-state index is 12.8. The minimum absolute atomic E-state index is 0.0799. The van der Waals surface area contributed by atoms with Crippen LogP contribution in [0.25, 0.3) is 0 Å². The van der Waals surface area contributed by atoms with Gasteiger partial charge in [-0.2, -0.15) is 0 Å². The Labute approximate surface area is 152 Å². The number of ketones is 1. The lowest BCUT2D eigenvalue weighted by Gasteiger charge is -2.20. The molecule has 4 heteroatoms. The van der Waals surface area contributed by atoms with Crippen LogP contribution in [0.4, 0.5) is 0 Å². The van der Waals surface area contributed by atoms with Gasteiger partial charge in [-0.05, 0) is 49.4 Å². The number of carbonyl (C=O) groups excluding carboxylic acids is 1. The van der Waals surface area contributed by atoms with Crippen LogP contribution in [0.3, 0.4) is 0 Å². The fraction of sp³-hybridized carbons (Fsp3) is 0.381. The number of aryl methyl sites for hydroxylation is 1. The van der Waals surface area contributed by atoms with E-state index in [0.717, 1.165) is 58.6 Å². The van der Waals surface area contributed by atoms with Crippen LogP contribution in [0, 0.1) is 5.92 Å². The molecule has 1 fully saturated rings. The third-order valence-corrected chi connectivity index (χ3v) is 6.56. The Morgan fingerprint density at radius 3 is 2.56 bits per heavy atom. The Morgan fingerprint density at radius 2 is 1.76 bits per heavy atom. The maximum Gasteiger partial charge on any atom is 0.165 e. The van der Waals surface area contributed by atoms with Gasteiger partial charge in [0.2, 0.25) is 0 Å². The number of phenolic OH excluding ortho intramolecular Hbond substituents is 2. The van der Waals surface area contributed by atoms with Gasteiger partial charge in [-0.1, -0.05) is 37.1 Å². The zero-order valence-electron chi connectivity index (χ0n) is 14.1. The third kappa shape index (κ3) is 3.28. The molecule has 0 atom stereocenters. The summed E-state index contributed by atoms with van der Waals surface area (Å²) in [5, 5.41) is 19.9. The second kappa shape index (κ2) is 6.75. The van der Waals surface area contributed by atoms with E-state index in [1.807, 2.05) is 18.2 Å². The van der Waals surface area contributed by atoms with Gasteiger partial charge < -0.3 is 10.2 Å². The van der Waals surface area contributed by atoms with Crippen LogP contribution in [-0.4, -0.2) is 16.0 Å². The summed E-state index contributed by atoms with van der Waals surface area (Å²) < 4.78 is 0. The van der Waals surface area contributed by atoms with E-state index >= 15 is 0 Å². The molecule has 0 spiro atoms. The molecule has 0 radical (unpaired) electrons. The second-order valence-corrected chi connectivity index (χ2v) is 8.15. The van der Waals surface area contributed by atoms with Gasteiger partial charge in [0, 0.05) is 32.9 Å². The molecular formula is C21H22O3S. The number of phenols is 2. The molecule has 1 aliphatic carbocycles. The van der Waals surface area contributed by atoms with Crippen molar-refractivity contribution in [1.82, 2.24) is 0 Å². The van der Waals surface area contributed by atoms with Crippen molar-refractivity contribution < 1.29 is 15.0 Å². The summed E-state index contributed by atoms with van der Waals surface area (Å²) in [4.78, 5) is 14.8. The van der Waals surface area contributed by atoms with Crippen molar-refractivity contribution in [2.75, 3.05) is 0 Å². The fourth-order valence-corrected chi connectivity index (χ4v) is 5.14. The highest BCUT2D eigenvalue weighted by molar-refractivity contribution is 7.99. The number of rotatable bonds is 2. The van der Waals surface area contributed by atoms with Crippen molar-refractivity contribution in [2.45, 2.75) is 54.7 Å². The minimum atomic E-state index is 0.0799. The largest absolute Gasteiger partial charge is 0.508 e. The minimum Gasteiger partial charge on any atom is -0.508 e. The summed E-state index contributed by atoms with van der Waals surface area (Å²) in [5.41, 5.74) is 2.85. The summed E-state index contributed by atoms with van der Waals surface area (Å²) >= 11 is 1.56. The molecule has 0 aromatic heterocycles. The van der Waals surface area contributed by atoms with E-state index < -0.39 is 0 Å². The first-order valence-corrected chi connectivity index (χ1v) is 9.83. The van der Waals surface area contributed by atoms with Crippen LogP contribution >= 0.6 is 11.8 Å². The second-order valence-electron chi connectivity index (χ2n) is 7.07. The number of hydrogen-bond donors (Lipinski definition) is 2. The molecule has 0 bridgehead atoms. The number of benzene rings is 2. The Bertz CT molecular complexity index is 822. The van der Waals surface area contributed by atoms with Crippen LogP contribution in [0.5, 0.6) is 11.5 Å². The van der Waals surface area contributed by atoms with Gasteiger partial charge in [0.05, 0.1) is 0 Å². The van der Waals surface area contributed by atoms with Gasteiger partial charge in [0.15, 0.2) is 5.78 Å². The van der Waals surface area contributed by atoms with Crippen LogP contribution < -0.4 is 0 Å². The maximum atomic E-state index is 12.8. The summed E-state index contributed by atoms with van der Waals surface area (Å²) in [6, 6.07) is 9.11. The third-order valence-electron chi connectivity index (χ3n) is 5.36. The predicted octanol–water partition coefficient (Wildman–Crippen LogP) is 5.11. The average Bonchev–Trinajstić information content (AvgIpc) is 2.80. The number of carbonyl (C=O) groups is 1. The molecule has 0 amide bonds. The van der Waals surface area contributed by atoms with Crippen molar-refractivity contribution in [3.8, 4) is 11.5 Å². The van der Waals surface area contributed by atoms with Crippen molar-refractivity contribution >= 4 is 17.5 Å². The molecule has 25 heavy (non-hydrogen) atoms. The Morgan fingerprint density at radius 1 is 0.960 bits per heavy atom. The zero-order chi connectivity index (χ0) is 17.4. The summed E-state index contributed by atoms with van der Waals surface area (Å²) in [6.07, 6.45) is 7.11. The van der Waals surface area contributed by atoms with Gasteiger partial charge in [-0.15, -0.1) is 0 Å². The summed E-state index contributed by atoms with van der Waals surface area (Å²) in [5.74, 6) is 0.697. The molecule has 2 aliphatic rings. The Balaban J connectivity index is 1.63. The molecule has 2 N–H and O–H groups in total. The highest BCUT2D eigenvalue weighted by Gasteiger charge is 2.24. The van der Waals surface area contributed by atoms with E-state index in [1.54, 1.807) is 17.8 Å². The SMILES string of the molecule is O=C(c1ccc2c(c1)CCc1c(O)cc(O)cc1S2)C1CCCCC1. The zero-order valence-corrected chi connectivity index (χ0v) is 14.9.